The Morgan fingerprint density at radius 3 is 3.06 bits per heavy atom. The Hall–Kier alpha value is -1.30. The van der Waals surface area contributed by atoms with E-state index in [1.54, 1.807) is 17.5 Å². The van der Waals surface area contributed by atoms with Crippen LogP contribution in [0.25, 0.3) is 0 Å². The Morgan fingerprint density at radius 2 is 2.28 bits per heavy atom. The van der Waals surface area contributed by atoms with Crippen LogP contribution in [0.5, 0.6) is 0 Å². The SMILES string of the molecule is CNCc1nc(COCCc2ccccn2)cs1. The minimum Gasteiger partial charge on any atom is -0.375 e. The molecule has 0 spiro atoms. The lowest BCUT2D eigenvalue weighted by molar-refractivity contribution is 0.121. The number of ether oxygens (including phenoxy) is 1. The molecule has 5 heteroatoms. The molecule has 0 atom stereocenters. The predicted octanol–water partition coefficient (Wildman–Crippen LogP) is 2.02. The topological polar surface area (TPSA) is 47.0 Å². The number of hydrogen-bond acceptors (Lipinski definition) is 5. The van der Waals surface area contributed by atoms with Crippen molar-refractivity contribution in [1.29, 1.82) is 0 Å². The van der Waals surface area contributed by atoms with Crippen LogP contribution in [-0.4, -0.2) is 23.6 Å². The first-order valence-corrected chi connectivity index (χ1v) is 6.82. The summed E-state index contributed by atoms with van der Waals surface area (Å²) in [5.74, 6) is 0. The average Bonchev–Trinajstić information content (AvgIpc) is 2.84. The molecule has 0 bridgehead atoms. The zero-order valence-electron chi connectivity index (χ0n) is 10.4. The van der Waals surface area contributed by atoms with Crippen molar-refractivity contribution in [3.8, 4) is 0 Å². The maximum atomic E-state index is 5.60. The third-order valence-electron chi connectivity index (χ3n) is 2.41. The first kappa shape index (κ1) is 13.1. The fourth-order valence-corrected chi connectivity index (χ4v) is 2.34. The molecule has 2 heterocycles. The van der Waals surface area contributed by atoms with Gasteiger partial charge in [0.15, 0.2) is 0 Å². The van der Waals surface area contributed by atoms with E-state index in [1.165, 1.54) is 0 Å². The summed E-state index contributed by atoms with van der Waals surface area (Å²) in [6, 6.07) is 5.92. The molecule has 2 aromatic heterocycles. The molecule has 0 radical (unpaired) electrons. The standard InChI is InChI=1S/C13H17N3OS/c1-14-8-13-16-12(10-18-13)9-17-7-5-11-4-2-3-6-15-11/h2-4,6,10,14H,5,7-9H2,1H3. The third kappa shape index (κ3) is 4.18. The predicted molar refractivity (Wildman–Crippen MR) is 72.5 cm³/mol. The zero-order valence-corrected chi connectivity index (χ0v) is 11.2. The number of thiazole rings is 1. The van der Waals surface area contributed by atoms with Crippen molar-refractivity contribution in [3.05, 3.63) is 46.2 Å². The second-order valence-electron chi connectivity index (χ2n) is 3.89. The van der Waals surface area contributed by atoms with E-state index in [1.807, 2.05) is 30.6 Å². The largest absolute Gasteiger partial charge is 0.375 e. The quantitative estimate of drug-likeness (QED) is 0.776. The van der Waals surface area contributed by atoms with Crippen molar-refractivity contribution in [3.63, 3.8) is 0 Å². The van der Waals surface area contributed by atoms with Crippen molar-refractivity contribution < 1.29 is 4.74 Å². The molecule has 2 aromatic rings. The van der Waals surface area contributed by atoms with Crippen LogP contribution in [0.15, 0.2) is 29.8 Å². The third-order valence-corrected chi connectivity index (χ3v) is 3.30. The molecule has 0 saturated heterocycles. The minimum absolute atomic E-state index is 0.576. The summed E-state index contributed by atoms with van der Waals surface area (Å²) < 4.78 is 5.60. The van der Waals surface area contributed by atoms with E-state index in [9.17, 15) is 0 Å². The van der Waals surface area contributed by atoms with Crippen LogP contribution in [0, 0.1) is 0 Å². The maximum Gasteiger partial charge on any atom is 0.107 e. The van der Waals surface area contributed by atoms with E-state index < -0.39 is 0 Å². The number of nitrogens with one attached hydrogen (secondary N) is 1. The lowest BCUT2D eigenvalue weighted by atomic mass is 10.3. The van der Waals surface area contributed by atoms with Gasteiger partial charge >= 0.3 is 0 Å². The Balaban J connectivity index is 1.68. The fraction of sp³-hybridized carbons (Fsp3) is 0.385. The highest BCUT2D eigenvalue weighted by Crippen LogP contribution is 2.10. The number of hydrogen-bond donors (Lipinski definition) is 1. The van der Waals surface area contributed by atoms with Gasteiger partial charge < -0.3 is 10.1 Å². The fourth-order valence-electron chi connectivity index (χ4n) is 1.55. The number of pyridine rings is 1. The summed E-state index contributed by atoms with van der Waals surface area (Å²) in [5.41, 5.74) is 2.07. The number of nitrogens with zero attached hydrogens (tertiary/aromatic N) is 2. The van der Waals surface area contributed by atoms with E-state index in [4.69, 9.17) is 4.74 Å². The monoisotopic (exact) mass is 263 g/mol. The van der Waals surface area contributed by atoms with Gasteiger partial charge in [0.05, 0.1) is 18.9 Å². The van der Waals surface area contributed by atoms with E-state index in [0.29, 0.717) is 13.2 Å². The van der Waals surface area contributed by atoms with Crippen LogP contribution in [0.4, 0.5) is 0 Å². The molecule has 0 fully saturated rings. The second kappa shape index (κ2) is 7.20. The van der Waals surface area contributed by atoms with E-state index in [2.05, 4.69) is 15.3 Å². The molecule has 18 heavy (non-hydrogen) atoms. The van der Waals surface area contributed by atoms with Crippen molar-refractivity contribution >= 4 is 11.3 Å². The van der Waals surface area contributed by atoms with E-state index >= 15 is 0 Å². The summed E-state index contributed by atoms with van der Waals surface area (Å²) in [4.78, 5) is 8.71. The smallest absolute Gasteiger partial charge is 0.107 e. The van der Waals surface area contributed by atoms with Gasteiger partial charge in [-0.25, -0.2) is 4.98 Å². The molecule has 0 aliphatic rings. The van der Waals surface area contributed by atoms with Crippen molar-refractivity contribution in [2.24, 2.45) is 0 Å². The molecule has 0 aliphatic carbocycles. The average molecular weight is 263 g/mol. The van der Waals surface area contributed by atoms with Gasteiger partial charge in [-0.05, 0) is 19.2 Å². The van der Waals surface area contributed by atoms with Gasteiger partial charge in [0.25, 0.3) is 0 Å². The van der Waals surface area contributed by atoms with Gasteiger partial charge in [0.2, 0.25) is 0 Å². The van der Waals surface area contributed by atoms with Gasteiger partial charge in [-0.15, -0.1) is 11.3 Å². The first-order valence-electron chi connectivity index (χ1n) is 5.94. The van der Waals surface area contributed by atoms with E-state index in [-0.39, 0.29) is 0 Å². The first-order chi connectivity index (χ1) is 8.88. The lowest BCUT2D eigenvalue weighted by Crippen LogP contribution is -2.05. The molecule has 96 valence electrons. The van der Waals surface area contributed by atoms with Crippen LogP contribution in [-0.2, 0) is 24.3 Å². The molecular weight excluding hydrogens is 246 g/mol. The molecule has 0 unspecified atom stereocenters. The van der Waals surface area contributed by atoms with Gasteiger partial charge in [-0.3, -0.25) is 4.98 Å². The lowest BCUT2D eigenvalue weighted by Gasteiger charge is -2.01. The minimum atomic E-state index is 0.576. The summed E-state index contributed by atoms with van der Waals surface area (Å²) in [6.07, 6.45) is 2.65. The van der Waals surface area contributed by atoms with Crippen LogP contribution >= 0.6 is 11.3 Å². The normalized spacial score (nSPS) is 10.7. The summed E-state index contributed by atoms with van der Waals surface area (Å²) in [6.45, 7) is 2.07. The van der Waals surface area contributed by atoms with Gasteiger partial charge in [-0.2, -0.15) is 0 Å². The molecule has 0 aromatic carbocycles. The highest BCUT2D eigenvalue weighted by atomic mass is 32.1. The van der Waals surface area contributed by atoms with Crippen molar-refractivity contribution in [2.45, 2.75) is 19.6 Å². The molecule has 0 amide bonds. The van der Waals surface area contributed by atoms with Gasteiger partial charge in [0, 0.05) is 30.2 Å². The van der Waals surface area contributed by atoms with Crippen LogP contribution in [0.3, 0.4) is 0 Å². The highest BCUT2D eigenvalue weighted by molar-refractivity contribution is 7.09. The molecule has 1 N–H and O–H groups in total. The zero-order chi connectivity index (χ0) is 12.6. The molecule has 4 nitrogen and oxygen atoms in total. The second-order valence-corrected chi connectivity index (χ2v) is 4.83. The number of rotatable bonds is 7. The molecule has 0 saturated carbocycles. The molecule has 0 aliphatic heterocycles. The van der Waals surface area contributed by atoms with Crippen LogP contribution in [0.1, 0.15) is 16.4 Å². The summed E-state index contributed by atoms with van der Waals surface area (Å²) in [5, 5.41) is 6.23. The summed E-state index contributed by atoms with van der Waals surface area (Å²) in [7, 11) is 1.92. The van der Waals surface area contributed by atoms with E-state index in [0.717, 1.165) is 29.4 Å². The number of aromatic nitrogens is 2. The van der Waals surface area contributed by atoms with Crippen molar-refractivity contribution in [1.82, 2.24) is 15.3 Å². The Morgan fingerprint density at radius 1 is 1.33 bits per heavy atom. The Kier molecular flexibility index (Phi) is 5.26. The maximum absolute atomic E-state index is 5.60. The van der Waals surface area contributed by atoms with Crippen molar-refractivity contribution in [2.75, 3.05) is 13.7 Å². The highest BCUT2D eigenvalue weighted by Gasteiger charge is 2.01. The molecule has 2 rings (SSSR count). The summed E-state index contributed by atoms with van der Waals surface area (Å²) >= 11 is 1.66. The van der Waals surface area contributed by atoms with Crippen LogP contribution in [0.2, 0.25) is 0 Å². The van der Waals surface area contributed by atoms with Gasteiger partial charge in [0.1, 0.15) is 5.01 Å². The molecular formula is C13H17N3OS. The Bertz CT molecular complexity index is 458. The van der Waals surface area contributed by atoms with Crippen LogP contribution < -0.4 is 5.32 Å². The van der Waals surface area contributed by atoms with Gasteiger partial charge in [-0.1, -0.05) is 6.07 Å². The Labute approximate surface area is 111 Å².